The fourth-order valence-corrected chi connectivity index (χ4v) is 3.03. The Labute approximate surface area is 165 Å². The highest BCUT2D eigenvalue weighted by molar-refractivity contribution is 5.44. The smallest absolute Gasteiger partial charge is 0.123 e. The van der Waals surface area contributed by atoms with E-state index in [2.05, 4.69) is 16.8 Å². The van der Waals surface area contributed by atoms with Gasteiger partial charge in [-0.25, -0.2) is 8.78 Å². The van der Waals surface area contributed by atoms with E-state index in [9.17, 15) is 8.78 Å². The highest BCUT2D eigenvalue weighted by atomic mass is 19.1. The van der Waals surface area contributed by atoms with Gasteiger partial charge in [-0.3, -0.25) is 4.90 Å². The number of hydrogen-bond acceptors (Lipinski definition) is 4. The Morgan fingerprint density at radius 3 is 1.79 bits per heavy atom. The Kier molecular flexibility index (Phi) is 9.20. The number of nitrogens with zero attached hydrogens (tertiary/aromatic N) is 2. The zero-order valence-electron chi connectivity index (χ0n) is 16.5. The van der Waals surface area contributed by atoms with Crippen molar-refractivity contribution in [2.24, 2.45) is 0 Å². The number of carbonyl (C=O) groups excluding carboxylic acids is 1. The van der Waals surface area contributed by atoms with Crippen LogP contribution in [0.5, 0.6) is 0 Å². The van der Waals surface area contributed by atoms with Crippen molar-refractivity contribution in [3.8, 4) is 0 Å². The summed E-state index contributed by atoms with van der Waals surface area (Å²) in [6.45, 7) is 7.09. The minimum atomic E-state index is -0.325. The lowest BCUT2D eigenvalue weighted by molar-refractivity contribution is -0.106. The first-order chi connectivity index (χ1) is 13.5. The second-order valence-electron chi connectivity index (χ2n) is 6.73. The molecule has 6 heteroatoms. The molecule has 1 heterocycles. The highest BCUT2D eigenvalue weighted by Gasteiger charge is 2.17. The predicted octanol–water partition coefficient (Wildman–Crippen LogP) is 3.52. The van der Waals surface area contributed by atoms with Crippen LogP contribution in [0, 0.1) is 11.6 Å². The Bertz CT molecular complexity index is 654. The van der Waals surface area contributed by atoms with Crippen molar-refractivity contribution in [2.75, 3.05) is 46.4 Å². The third-order valence-corrected chi connectivity index (χ3v) is 4.63. The second-order valence-corrected chi connectivity index (χ2v) is 6.73. The fourth-order valence-electron chi connectivity index (χ4n) is 3.03. The molecule has 0 N–H and O–H groups in total. The third kappa shape index (κ3) is 7.11. The number of likely N-dealkylation sites (N-methyl/N-ethyl adjacent to an activating group) is 1. The Hall–Kier alpha value is -2.15. The van der Waals surface area contributed by atoms with Crippen LogP contribution in [-0.4, -0.2) is 62.5 Å². The van der Waals surface area contributed by atoms with E-state index in [1.165, 1.54) is 31.2 Å². The number of ether oxygens (including phenoxy) is 1. The van der Waals surface area contributed by atoms with Crippen molar-refractivity contribution in [3.63, 3.8) is 0 Å². The standard InChI is InChI=1S/C20H24F2N2O.C2H4O/c1-23-10-12-24(13-11-23)14-15-25-20(16-2-6-18(21)7-3-16)17-4-8-19(22)9-5-17;1-2-3/h2-9,20H,10-15H2,1H3;2H,1H3. The van der Waals surface area contributed by atoms with Gasteiger partial charge in [-0.1, -0.05) is 24.3 Å². The Morgan fingerprint density at radius 1 is 0.929 bits per heavy atom. The molecule has 0 aromatic heterocycles. The van der Waals surface area contributed by atoms with Gasteiger partial charge < -0.3 is 14.4 Å². The van der Waals surface area contributed by atoms with Crippen LogP contribution in [-0.2, 0) is 9.53 Å². The average Bonchev–Trinajstić information content (AvgIpc) is 2.69. The molecule has 0 aliphatic carbocycles. The molecular formula is C22H28F2N2O2. The van der Waals surface area contributed by atoms with Crippen molar-refractivity contribution in [3.05, 3.63) is 71.3 Å². The largest absolute Gasteiger partial charge is 0.367 e. The van der Waals surface area contributed by atoms with Crippen LogP contribution in [0.15, 0.2) is 48.5 Å². The maximum absolute atomic E-state index is 13.2. The van der Waals surface area contributed by atoms with Gasteiger partial charge in [0.25, 0.3) is 0 Å². The molecule has 3 rings (SSSR count). The third-order valence-electron chi connectivity index (χ3n) is 4.63. The molecule has 4 nitrogen and oxygen atoms in total. The lowest BCUT2D eigenvalue weighted by Gasteiger charge is -2.32. The van der Waals surface area contributed by atoms with Gasteiger partial charge in [0.2, 0.25) is 0 Å². The van der Waals surface area contributed by atoms with Crippen LogP contribution in [0.1, 0.15) is 24.2 Å². The maximum atomic E-state index is 13.2. The molecule has 1 fully saturated rings. The van der Waals surface area contributed by atoms with E-state index in [1.807, 2.05) is 0 Å². The van der Waals surface area contributed by atoms with E-state index in [1.54, 1.807) is 24.3 Å². The normalized spacial score (nSPS) is 15.2. The van der Waals surface area contributed by atoms with Crippen molar-refractivity contribution < 1.29 is 18.3 Å². The van der Waals surface area contributed by atoms with Gasteiger partial charge in [0.1, 0.15) is 24.0 Å². The average molecular weight is 390 g/mol. The summed E-state index contributed by atoms with van der Waals surface area (Å²) < 4.78 is 32.6. The monoisotopic (exact) mass is 390 g/mol. The molecule has 1 aliphatic rings. The number of aldehydes is 1. The molecular weight excluding hydrogens is 362 g/mol. The summed E-state index contributed by atoms with van der Waals surface area (Å²) in [5.74, 6) is -0.557. The van der Waals surface area contributed by atoms with Gasteiger partial charge in [0, 0.05) is 32.7 Å². The van der Waals surface area contributed by atoms with Gasteiger partial charge >= 0.3 is 0 Å². The molecule has 0 spiro atoms. The Balaban J connectivity index is 0.000000878. The van der Waals surface area contributed by atoms with E-state index in [0.29, 0.717) is 6.61 Å². The molecule has 1 saturated heterocycles. The summed E-state index contributed by atoms with van der Waals surface area (Å²) in [6.07, 6.45) is 0.425. The number of hydrogen-bond donors (Lipinski definition) is 0. The van der Waals surface area contributed by atoms with Crippen molar-refractivity contribution in [2.45, 2.75) is 13.0 Å². The maximum Gasteiger partial charge on any atom is 0.123 e. The molecule has 2 aromatic carbocycles. The zero-order valence-corrected chi connectivity index (χ0v) is 16.5. The first kappa shape index (κ1) is 22.1. The van der Waals surface area contributed by atoms with Crippen LogP contribution in [0.3, 0.4) is 0 Å². The van der Waals surface area contributed by atoms with Gasteiger partial charge in [-0.15, -0.1) is 0 Å². The fraction of sp³-hybridized carbons (Fsp3) is 0.409. The van der Waals surface area contributed by atoms with E-state index >= 15 is 0 Å². The SMILES string of the molecule is CC=O.CN1CCN(CCOC(c2ccc(F)cc2)c2ccc(F)cc2)CC1. The molecule has 28 heavy (non-hydrogen) atoms. The highest BCUT2D eigenvalue weighted by Crippen LogP contribution is 2.26. The molecule has 0 radical (unpaired) electrons. The number of rotatable bonds is 6. The first-order valence-corrected chi connectivity index (χ1v) is 9.46. The number of benzene rings is 2. The molecule has 2 aromatic rings. The van der Waals surface area contributed by atoms with Gasteiger partial charge in [0.15, 0.2) is 0 Å². The van der Waals surface area contributed by atoms with Gasteiger partial charge in [-0.05, 0) is 49.4 Å². The van der Waals surface area contributed by atoms with Crippen LogP contribution in [0.2, 0.25) is 0 Å². The summed E-state index contributed by atoms with van der Waals surface area (Å²) in [7, 11) is 2.13. The van der Waals surface area contributed by atoms with Crippen molar-refractivity contribution in [1.82, 2.24) is 9.80 Å². The van der Waals surface area contributed by atoms with Crippen molar-refractivity contribution in [1.29, 1.82) is 0 Å². The predicted molar refractivity (Wildman–Crippen MR) is 106 cm³/mol. The molecule has 0 amide bonds. The zero-order chi connectivity index (χ0) is 20.4. The topological polar surface area (TPSA) is 32.8 Å². The summed E-state index contributed by atoms with van der Waals surface area (Å²) in [6, 6.07) is 12.6. The number of carbonyl (C=O) groups is 1. The molecule has 152 valence electrons. The van der Waals surface area contributed by atoms with Crippen molar-refractivity contribution >= 4 is 6.29 Å². The summed E-state index contributed by atoms with van der Waals surface area (Å²) >= 11 is 0. The minimum absolute atomic E-state index is 0.279. The van der Waals surface area contributed by atoms with Crippen LogP contribution in [0.4, 0.5) is 8.78 Å². The van der Waals surface area contributed by atoms with Gasteiger partial charge in [-0.2, -0.15) is 0 Å². The van der Waals surface area contributed by atoms with Gasteiger partial charge in [0.05, 0.1) is 6.61 Å². The number of halogens is 2. The van der Waals surface area contributed by atoms with Crippen LogP contribution < -0.4 is 0 Å². The summed E-state index contributed by atoms with van der Waals surface area (Å²) in [5.41, 5.74) is 1.73. The summed E-state index contributed by atoms with van der Waals surface area (Å²) in [4.78, 5) is 13.5. The number of piperazine rings is 1. The Morgan fingerprint density at radius 2 is 1.36 bits per heavy atom. The first-order valence-electron chi connectivity index (χ1n) is 9.46. The molecule has 0 bridgehead atoms. The van der Waals surface area contributed by atoms with Crippen LogP contribution in [0.25, 0.3) is 0 Å². The van der Waals surface area contributed by atoms with E-state index in [0.717, 1.165) is 50.1 Å². The molecule has 0 saturated carbocycles. The molecule has 0 atom stereocenters. The second kappa shape index (κ2) is 11.6. The molecule has 1 aliphatic heterocycles. The summed E-state index contributed by atoms with van der Waals surface area (Å²) in [5, 5.41) is 0. The van der Waals surface area contributed by atoms with E-state index in [4.69, 9.17) is 9.53 Å². The lowest BCUT2D eigenvalue weighted by atomic mass is 10.0. The van der Waals surface area contributed by atoms with E-state index in [-0.39, 0.29) is 17.7 Å². The van der Waals surface area contributed by atoms with Crippen LogP contribution >= 0.6 is 0 Å². The quantitative estimate of drug-likeness (QED) is 0.707. The lowest BCUT2D eigenvalue weighted by Crippen LogP contribution is -2.45. The minimum Gasteiger partial charge on any atom is -0.367 e. The van der Waals surface area contributed by atoms with E-state index < -0.39 is 0 Å². The molecule has 0 unspecified atom stereocenters.